The van der Waals surface area contributed by atoms with Gasteiger partial charge in [0.2, 0.25) is 5.78 Å². The van der Waals surface area contributed by atoms with Gasteiger partial charge < -0.3 is 9.84 Å². The highest BCUT2D eigenvalue weighted by Gasteiger charge is 2.11. The molecule has 0 aliphatic carbocycles. The van der Waals surface area contributed by atoms with Crippen molar-refractivity contribution in [2.75, 3.05) is 6.61 Å². The number of ether oxygens (including phenoxy) is 1. The molecular formula is C17H18O3. The first-order valence-electron chi connectivity index (χ1n) is 6.62. The van der Waals surface area contributed by atoms with Gasteiger partial charge in [-0.15, -0.1) is 0 Å². The molecule has 2 aromatic rings. The molecule has 0 aromatic heterocycles. The SMILES string of the molecule is CC(C)c1ccc(OCC(=O)c2ccccc2O)cc1. The maximum absolute atomic E-state index is 11.9. The highest BCUT2D eigenvalue weighted by molar-refractivity contribution is 5.99. The van der Waals surface area contributed by atoms with Gasteiger partial charge >= 0.3 is 0 Å². The first-order valence-corrected chi connectivity index (χ1v) is 6.62. The average Bonchev–Trinajstić information content (AvgIpc) is 2.45. The fraction of sp³-hybridized carbons (Fsp3) is 0.235. The van der Waals surface area contributed by atoms with Crippen molar-refractivity contribution in [1.29, 1.82) is 0 Å². The Labute approximate surface area is 118 Å². The first-order chi connectivity index (χ1) is 9.58. The number of aromatic hydroxyl groups is 1. The Kier molecular flexibility index (Phi) is 4.41. The minimum absolute atomic E-state index is 0.0174. The summed E-state index contributed by atoms with van der Waals surface area (Å²) in [6.45, 7) is 4.16. The van der Waals surface area contributed by atoms with Crippen LogP contribution in [0.15, 0.2) is 48.5 Å². The van der Waals surface area contributed by atoms with Gasteiger partial charge in [-0.1, -0.05) is 38.1 Å². The molecule has 1 N–H and O–H groups in total. The summed E-state index contributed by atoms with van der Waals surface area (Å²) in [6.07, 6.45) is 0. The number of hydrogen-bond acceptors (Lipinski definition) is 3. The third-order valence-electron chi connectivity index (χ3n) is 3.12. The summed E-state index contributed by atoms with van der Waals surface area (Å²) in [5.41, 5.74) is 1.51. The standard InChI is InChI=1S/C17H18O3/c1-12(2)13-7-9-14(10-8-13)20-11-17(19)15-5-3-4-6-16(15)18/h3-10,12,18H,11H2,1-2H3. The summed E-state index contributed by atoms with van der Waals surface area (Å²) in [6, 6.07) is 14.2. The number of phenols is 1. The Morgan fingerprint density at radius 1 is 1.10 bits per heavy atom. The van der Waals surface area contributed by atoms with Crippen LogP contribution in [-0.2, 0) is 0 Å². The zero-order valence-corrected chi connectivity index (χ0v) is 11.7. The largest absolute Gasteiger partial charge is 0.507 e. The second-order valence-electron chi connectivity index (χ2n) is 4.95. The summed E-state index contributed by atoms with van der Waals surface area (Å²) >= 11 is 0. The van der Waals surface area contributed by atoms with Crippen molar-refractivity contribution in [3.05, 3.63) is 59.7 Å². The molecule has 0 saturated carbocycles. The molecule has 0 aliphatic heterocycles. The Morgan fingerprint density at radius 3 is 2.35 bits per heavy atom. The van der Waals surface area contributed by atoms with E-state index in [2.05, 4.69) is 13.8 Å². The lowest BCUT2D eigenvalue weighted by Gasteiger charge is -2.09. The number of para-hydroxylation sites is 1. The molecule has 0 saturated heterocycles. The number of Topliss-reactive ketones (excluding diaryl/α,β-unsaturated/α-hetero) is 1. The van der Waals surface area contributed by atoms with Crippen LogP contribution in [0.1, 0.15) is 35.7 Å². The molecular weight excluding hydrogens is 252 g/mol. The van der Waals surface area contributed by atoms with Crippen LogP contribution >= 0.6 is 0 Å². The summed E-state index contributed by atoms with van der Waals surface area (Å²) in [7, 11) is 0. The van der Waals surface area contributed by atoms with Crippen molar-refractivity contribution in [3.8, 4) is 11.5 Å². The molecule has 104 valence electrons. The van der Waals surface area contributed by atoms with Crippen molar-refractivity contribution in [3.63, 3.8) is 0 Å². The molecule has 0 unspecified atom stereocenters. The van der Waals surface area contributed by atoms with Crippen LogP contribution in [0.5, 0.6) is 11.5 Å². The molecule has 3 heteroatoms. The van der Waals surface area contributed by atoms with Gasteiger partial charge in [-0.25, -0.2) is 0 Å². The molecule has 3 nitrogen and oxygen atoms in total. The van der Waals surface area contributed by atoms with E-state index in [0.29, 0.717) is 11.7 Å². The Morgan fingerprint density at radius 2 is 1.75 bits per heavy atom. The van der Waals surface area contributed by atoms with Gasteiger partial charge in [0.15, 0.2) is 6.61 Å². The molecule has 0 atom stereocenters. The Hall–Kier alpha value is -2.29. The monoisotopic (exact) mass is 270 g/mol. The first kappa shape index (κ1) is 14.1. The second kappa shape index (κ2) is 6.24. The normalized spacial score (nSPS) is 10.6. The van der Waals surface area contributed by atoms with E-state index in [1.807, 2.05) is 24.3 Å². The summed E-state index contributed by atoms with van der Waals surface area (Å²) in [5, 5.41) is 9.60. The lowest BCUT2D eigenvalue weighted by Crippen LogP contribution is -2.11. The van der Waals surface area contributed by atoms with Gasteiger partial charge in [-0.05, 0) is 35.7 Å². The molecule has 0 bridgehead atoms. The smallest absolute Gasteiger partial charge is 0.203 e. The van der Waals surface area contributed by atoms with Crippen LogP contribution < -0.4 is 4.74 Å². The molecule has 2 aromatic carbocycles. The summed E-state index contributed by atoms with van der Waals surface area (Å²) < 4.78 is 5.45. The molecule has 0 fully saturated rings. The zero-order chi connectivity index (χ0) is 14.5. The number of phenolic OH excluding ortho intramolecular Hbond substituents is 1. The van der Waals surface area contributed by atoms with Gasteiger partial charge in [-0.2, -0.15) is 0 Å². The van der Waals surface area contributed by atoms with Crippen LogP contribution in [0.3, 0.4) is 0 Å². The average molecular weight is 270 g/mol. The number of carbonyl (C=O) groups is 1. The number of hydrogen-bond donors (Lipinski definition) is 1. The number of rotatable bonds is 5. The minimum atomic E-state index is -0.240. The number of carbonyl (C=O) groups excluding carboxylic acids is 1. The topological polar surface area (TPSA) is 46.5 Å². The van der Waals surface area contributed by atoms with Crippen LogP contribution in [0.4, 0.5) is 0 Å². The lowest BCUT2D eigenvalue weighted by molar-refractivity contribution is 0.0919. The predicted molar refractivity (Wildman–Crippen MR) is 78.5 cm³/mol. The highest BCUT2D eigenvalue weighted by atomic mass is 16.5. The van der Waals surface area contributed by atoms with E-state index in [9.17, 15) is 9.90 Å². The molecule has 0 amide bonds. The molecule has 20 heavy (non-hydrogen) atoms. The Balaban J connectivity index is 1.98. The summed E-state index contributed by atoms with van der Waals surface area (Å²) in [5.74, 6) is 0.859. The molecule has 0 radical (unpaired) electrons. The second-order valence-corrected chi connectivity index (χ2v) is 4.95. The van der Waals surface area contributed by atoms with Crippen molar-refractivity contribution in [2.45, 2.75) is 19.8 Å². The molecule has 0 spiro atoms. The minimum Gasteiger partial charge on any atom is -0.507 e. The van der Waals surface area contributed by atoms with E-state index in [4.69, 9.17) is 4.74 Å². The van der Waals surface area contributed by atoms with Gasteiger partial charge in [0.1, 0.15) is 11.5 Å². The van der Waals surface area contributed by atoms with Gasteiger partial charge in [0.25, 0.3) is 0 Å². The van der Waals surface area contributed by atoms with E-state index in [0.717, 1.165) is 0 Å². The quantitative estimate of drug-likeness (QED) is 0.841. The third kappa shape index (κ3) is 3.38. The van der Waals surface area contributed by atoms with Crippen molar-refractivity contribution >= 4 is 5.78 Å². The predicted octanol–water partition coefficient (Wildman–Crippen LogP) is 3.78. The number of ketones is 1. The van der Waals surface area contributed by atoms with E-state index < -0.39 is 0 Å². The van der Waals surface area contributed by atoms with Gasteiger partial charge in [0, 0.05) is 0 Å². The zero-order valence-electron chi connectivity index (χ0n) is 11.7. The maximum atomic E-state index is 11.9. The van der Waals surface area contributed by atoms with E-state index in [-0.39, 0.29) is 23.7 Å². The molecule has 0 heterocycles. The summed E-state index contributed by atoms with van der Waals surface area (Å²) in [4.78, 5) is 11.9. The maximum Gasteiger partial charge on any atom is 0.203 e. The third-order valence-corrected chi connectivity index (χ3v) is 3.12. The van der Waals surface area contributed by atoms with Gasteiger partial charge in [0.05, 0.1) is 5.56 Å². The molecule has 0 aliphatic rings. The van der Waals surface area contributed by atoms with Gasteiger partial charge in [-0.3, -0.25) is 4.79 Å². The van der Waals surface area contributed by atoms with E-state index >= 15 is 0 Å². The fourth-order valence-corrected chi connectivity index (χ4v) is 1.89. The Bertz CT molecular complexity index is 585. The van der Waals surface area contributed by atoms with Crippen LogP contribution in [-0.4, -0.2) is 17.5 Å². The van der Waals surface area contributed by atoms with Crippen molar-refractivity contribution in [2.24, 2.45) is 0 Å². The van der Waals surface area contributed by atoms with Crippen molar-refractivity contribution < 1.29 is 14.6 Å². The van der Waals surface area contributed by atoms with E-state index in [1.54, 1.807) is 18.2 Å². The van der Waals surface area contributed by atoms with Crippen molar-refractivity contribution in [1.82, 2.24) is 0 Å². The van der Waals surface area contributed by atoms with Crippen LogP contribution in [0, 0.1) is 0 Å². The molecule has 2 rings (SSSR count). The highest BCUT2D eigenvalue weighted by Crippen LogP contribution is 2.20. The number of benzene rings is 2. The van der Waals surface area contributed by atoms with Crippen LogP contribution in [0.25, 0.3) is 0 Å². The van der Waals surface area contributed by atoms with E-state index in [1.165, 1.54) is 11.6 Å². The fourth-order valence-electron chi connectivity index (χ4n) is 1.89. The van der Waals surface area contributed by atoms with Crippen LogP contribution in [0.2, 0.25) is 0 Å². The lowest BCUT2D eigenvalue weighted by atomic mass is 10.0.